The van der Waals surface area contributed by atoms with Crippen molar-refractivity contribution in [3.8, 4) is 5.75 Å². The van der Waals surface area contributed by atoms with E-state index in [4.69, 9.17) is 33.7 Å². The second kappa shape index (κ2) is 10.8. The van der Waals surface area contributed by atoms with Crippen molar-refractivity contribution in [2.75, 3.05) is 23.7 Å². The number of hydrazone groups is 1. The van der Waals surface area contributed by atoms with E-state index >= 15 is 0 Å². The molecule has 0 bridgehead atoms. The first-order chi connectivity index (χ1) is 15.4. The van der Waals surface area contributed by atoms with Crippen LogP contribution in [0.2, 0.25) is 10.0 Å². The SMILES string of the molecule is CCN(CC)c1ccc(/C=N/NC(=O)c2nonc2N)c(OCc2ccc(Cl)cc2Cl)c1. The third-order valence-electron chi connectivity index (χ3n) is 4.62. The number of nitrogens with two attached hydrogens (primary N) is 1. The number of hydrogen-bond acceptors (Lipinski definition) is 8. The van der Waals surface area contributed by atoms with Gasteiger partial charge in [-0.25, -0.2) is 10.1 Å². The van der Waals surface area contributed by atoms with Crippen molar-refractivity contribution in [1.82, 2.24) is 15.7 Å². The molecule has 11 heteroatoms. The molecule has 168 valence electrons. The molecule has 32 heavy (non-hydrogen) atoms. The van der Waals surface area contributed by atoms with E-state index in [9.17, 15) is 4.79 Å². The highest BCUT2D eigenvalue weighted by Crippen LogP contribution is 2.28. The molecule has 0 spiro atoms. The summed E-state index contributed by atoms with van der Waals surface area (Å²) in [5, 5.41) is 11.8. The fourth-order valence-electron chi connectivity index (χ4n) is 2.90. The molecular formula is C21H22Cl2N6O3. The number of nitrogens with one attached hydrogen (secondary N) is 1. The Labute approximate surface area is 195 Å². The Bertz CT molecular complexity index is 1110. The standard InChI is InChI=1S/C21H22Cl2N6O3/c1-3-29(4-2)16-8-6-13(11-25-26-21(30)19-20(24)28-32-27-19)18(10-16)31-12-14-5-7-15(22)9-17(14)23/h5-11H,3-4,12H2,1-2H3,(H2,24,28)(H,26,30)/b25-11+. The van der Waals surface area contributed by atoms with Crippen LogP contribution in [-0.4, -0.2) is 35.5 Å². The second-order valence-electron chi connectivity index (χ2n) is 6.62. The number of carbonyl (C=O) groups excluding carboxylic acids is 1. The van der Waals surface area contributed by atoms with Gasteiger partial charge in [0.2, 0.25) is 11.5 Å². The first-order valence-corrected chi connectivity index (χ1v) is 10.6. The van der Waals surface area contributed by atoms with E-state index < -0.39 is 5.91 Å². The van der Waals surface area contributed by atoms with E-state index in [0.29, 0.717) is 21.4 Å². The van der Waals surface area contributed by atoms with Crippen molar-refractivity contribution in [2.24, 2.45) is 5.10 Å². The summed E-state index contributed by atoms with van der Waals surface area (Å²) in [4.78, 5) is 14.3. The Morgan fingerprint density at radius 3 is 2.66 bits per heavy atom. The van der Waals surface area contributed by atoms with Gasteiger partial charge in [0.25, 0.3) is 5.91 Å². The van der Waals surface area contributed by atoms with Gasteiger partial charge in [-0.3, -0.25) is 4.79 Å². The minimum Gasteiger partial charge on any atom is -0.488 e. The van der Waals surface area contributed by atoms with Gasteiger partial charge in [0.05, 0.1) is 6.21 Å². The number of benzene rings is 2. The van der Waals surface area contributed by atoms with Crippen LogP contribution >= 0.6 is 23.2 Å². The van der Waals surface area contributed by atoms with E-state index in [-0.39, 0.29) is 18.1 Å². The summed E-state index contributed by atoms with van der Waals surface area (Å²) in [5.41, 5.74) is 10.1. The lowest BCUT2D eigenvalue weighted by molar-refractivity contribution is 0.0946. The van der Waals surface area contributed by atoms with Crippen molar-refractivity contribution < 1.29 is 14.2 Å². The Morgan fingerprint density at radius 1 is 1.22 bits per heavy atom. The molecule has 0 aliphatic rings. The van der Waals surface area contributed by atoms with Crippen LogP contribution in [0.15, 0.2) is 46.1 Å². The maximum absolute atomic E-state index is 12.1. The number of nitrogen functional groups attached to an aromatic ring is 1. The molecule has 0 radical (unpaired) electrons. The fourth-order valence-corrected chi connectivity index (χ4v) is 3.36. The van der Waals surface area contributed by atoms with Crippen LogP contribution in [0, 0.1) is 0 Å². The predicted octanol–water partition coefficient (Wildman–Crippen LogP) is 4.15. The van der Waals surface area contributed by atoms with Gasteiger partial charge in [-0.2, -0.15) is 5.10 Å². The van der Waals surface area contributed by atoms with Gasteiger partial charge in [0, 0.05) is 46.0 Å². The third-order valence-corrected chi connectivity index (χ3v) is 5.21. The van der Waals surface area contributed by atoms with E-state index in [1.54, 1.807) is 12.1 Å². The Balaban J connectivity index is 1.82. The number of anilines is 2. The smallest absolute Gasteiger partial charge is 0.297 e. The van der Waals surface area contributed by atoms with Crippen molar-refractivity contribution in [3.05, 3.63) is 63.3 Å². The first-order valence-electron chi connectivity index (χ1n) is 9.80. The summed E-state index contributed by atoms with van der Waals surface area (Å²) in [6.45, 7) is 6.07. The number of amides is 1. The van der Waals surface area contributed by atoms with Gasteiger partial charge in [-0.05, 0) is 48.4 Å². The van der Waals surface area contributed by atoms with Crippen LogP contribution in [0.5, 0.6) is 5.75 Å². The zero-order valence-electron chi connectivity index (χ0n) is 17.5. The van der Waals surface area contributed by atoms with Gasteiger partial charge in [0.1, 0.15) is 12.4 Å². The zero-order valence-corrected chi connectivity index (χ0v) is 19.0. The summed E-state index contributed by atoms with van der Waals surface area (Å²) >= 11 is 12.2. The molecule has 0 unspecified atom stereocenters. The van der Waals surface area contributed by atoms with Crippen LogP contribution in [0.25, 0.3) is 0 Å². The maximum atomic E-state index is 12.1. The molecule has 0 saturated carbocycles. The van der Waals surface area contributed by atoms with Crippen molar-refractivity contribution in [3.63, 3.8) is 0 Å². The van der Waals surface area contributed by atoms with Crippen molar-refractivity contribution >= 4 is 46.8 Å². The number of carbonyl (C=O) groups is 1. The molecule has 2 aromatic carbocycles. The number of nitrogens with zero attached hydrogens (tertiary/aromatic N) is 4. The van der Waals surface area contributed by atoms with Gasteiger partial charge in [-0.1, -0.05) is 29.3 Å². The topological polar surface area (TPSA) is 119 Å². The quantitative estimate of drug-likeness (QED) is 0.351. The number of halogens is 2. The van der Waals surface area contributed by atoms with E-state index in [1.807, 2.05) is 24.3 Å². The van der Waals surface area contributed by atoms with Crippen molar-refractivity contribution in [2.45, 2.75) is 20.5 Å². The summed E-state index contributed by atoms with van der Waals surface area (Å²) in [6, 6.07) is 11.0. The monoisotopic (exact) mass is 476 g/mol. The fraction of sp³-hybridized carbons (Fsp3) is 0.238. The lowest BCUT2D eigenvalue weighted by Gasteiger charge is -2.22. The normalized spacial score (nSPS) is 11.0. The van der Waals surface area contributed by atoms with Crippen molar-refractivity contribution in [1.29, 1.82) is 0 Å². The van der Waals surface area contributed by atoms with Crippen LogP contribution in [0.4, 0.5) is 11.5 Å². The number of rotatable bonds is 9. The molecule has 0 atom stereocenters. The molecule has 9 nitrogen and oxygen atoms in total. The molecule has 3 aromatic rings. The molecule has 1 heterocycles. The largest absolute Gasteiger partial charge is 0.488 e. The molecule has 3 N–H and O–H groups in total. The highest BCUT2D eigenvalue weighted by molar-refractivity contribution is 6.35. The molecule has 0 aliphatic heterocycles. The molecule has 0 aliphatic carbocycles. The predicted molar refractivity (Wildman–Crippen MR) is 125 cm³/mol. The molecular weight excluding hydrogens is 455 g/mol. The molecule has 1 aromatic heterocycles. The highest BCUT2D eigenvalue weighted by Gasteiger charge is 2.15. The maximum Gasteiger partial charge on any atom is 0.297 e. The Morgan fingerprint density at radius 2 is 2.00 bits per heavy atom. The number of aromatic nitrogens is 2. The van der Waals surface area contributed by atoms with E-state index in [2.05, 4.69) is 44.2 Å². The van der Waals surface area contributed by atoms with Crippen LogP contribution < -0.4 is 20.8 Å². The number of ether oxygens (including phenoxy) is 1. The summed E-state index contributed by atoms with van der Waals surface area (Å²) in [5.74, 6) is -0.193. The highest BCUT2D eigenvalue weighted by atomic mass is 35.5. The lowest BCUT2D eigenvalue weighted by atomic mass is 10.1. The molecule has 0 saturated heterocycles. The minimum absolute atomic E-state index is 0.120. The summed E-state index contributed by atoms with van der Waals surface area (Å²) in [6.07, 6.45) is 1.46. The Hall–Kier alpha value is -3.30. The van der Waals surface area contributed by atoms with E-state index in [1.165, 1.54) is 6.21 Å². The van der Waals surface area contributed by atoms with Gasteiger partial charge in [-0.15, -0.1) is 0 Å². The molecule has 1 amide bonds. The van der Waals surface area contributed by atoms with Gasteiger partial charge in [0.15, 0.2) is 0 Å². The summed E-state index contributed by atoms with van der Waals surface area (Å²) in [7, 11) is 0. The third kappa shape index (κ3) is 5.68. The Kier molecular flexibility index (Phi) is 7.91. The van der Waals surface area contributed by atoms with Crippen LogP contribution in [-0.2, 0) is 6.61 Å². The molecule has 0 fully saturated rings. The second-order valence-corrected chi connectivity index (χ2v) is 7.46. The van der Waals surface area contributed by atoms with Gasteiger partial charge >= 0.3 is 0 Å². The lowest BCUT2D eigenvalue weighted by Crippen LogP contribution is -2.22. The van der Waals surface area contributed by atoms with E-state index in [0.717, 1.165) is 24.3 Å². The minimum atomic E-state index is -0.643. The summed E-state index contributed by atoms with van der Waals surface area (Å²) < 4.78 is 10.5. The van der Waals surface area contributed by atoms with Gasteiger partial charge < -0.3 is 15.4 Å². The van der Waals surface area contributed by atoms with Crippen LogP contribution in [0.3, 0.4) is 0 Å². The zero-order chi connectivity index (χ0) is 23.1. The average Bonchev–Trinajstić information content (AvgIpc) is 3.21. The molecule has 3 rings (SSSR count). The first kappa shape index (κ1) is 23.4. The average molecular weight is 477 g/mol. The number of hydrogen-bond donors (Lipinski definition) is 2. The van der Waals surface area contributed by atoms with Crippen LogP contribution in [0.1, 0.15) is 35.5 Å².